The monoisotopic (exact) mass is 385 g/mol. The Bertz CT molecular complexity index is 865. The molecular formula is C22H27NO5. The van der Waals surface area contributed by atoms with Crippen molar-refractivity contribution < 1.29 is 23.8 Å². The average molecular weight is 385 g/mol. The number of nitrogens with two attached hydrogens (primary N) is 1. The van der Waals surface area contributed by atoms with Gasteiger partial charge in [0, 0.05) is 24.0 Å². The molecule has 0 bridgehead atoms. The summed E-state index contributed by atoms with van der Waals surface area (Å²) in [6, 6.07) is 7.38. The van der Waals surface area contributed by atoms with E-state index in [1.54, 1.807) is 6.92 Å². The fourth-order valence-electron chi connectivity index (χ4n) is 3.91. The van der Waals surface area contributed by atoms with Gasteiger partial charge < -0.3 is 19.9 Å². The van der Waals surface area contributed by atoms with E-state index in [1.807, 2.05) is 45.0 Å². The molecule has 1 aliphatic carbocycles. The molecule has 0 saturated heterocycles. The van der Waals surface area contributed by atoms with Crippen LogP contribution in [-0.2, 0) is 19.1 Å². The van der Waals surface area contributed by atoms with E-state index < -0.39 is 11.9 Å². The summed E-state index contributed by atoms with van der Waals surface area (Å²) in [5.41, 5.74) is 7.28. The maximum absolute atomic E-state index is 13.1. The van der Waals surface area contributed by atoms with Gasteiger partial charge in [0.05, 0.1) is 19.1 Å². The molecule has 1 aliphatic heterocycles. The van der Waals surface area contributed by atoms with Crippen molar-refractivity contribution in [1.82, 2.24) is 0 Å². The first-order valence-corrected chi connectivity index (χ1v) is 9.61. The third-order valence-electron chi connectivity index (χ3n) is 4.98. The van der Waals surface area contributed by atoms with Gasteiger partial charge in [-0.3, -0.25) is 4.79 Å². The molecule has 0 fully saturated rings. The van der Waals surface area contributed by atoms with Crippen LogP contribution in [0.5, 0.6) is 5.75 Å². The second kappa shape index (κ2) is 7.70. The number of carbonyl (C=O) groups is 2. The number of Topliss-reactive ketones (excluding diaryl/α,β-unsaturated/α-hetero) is 1. The summed E-state index contributed by atoms with van der Waals surface area (Å²) >= 11 is 0. The number of carbonyl (C=O) groups excluding carboxylic acids is 2. The van der Waals surface area contributed by atoms with Crippen LogP contribution in [0, 0.1) is 5.41 Å². The summed E-state index contributed by atoms with van der Waals surface area (Å²) < 4.78 is 16.8. The summed E-state index contributed by atoms with van der Waals surface area (Å²) in [6.07, 6.45) is 0.941. The molecule has 1 aromatic carbocycles. The Balaban J connectivity index is 2.21. The van der Waals surface area contributed by atoms with E-state index >= 15 is 0 Å². The number of esters is 1. The lowest BCUT2D eigenvalue weighted by Crippen LogP contribution is -2.35. The van der Waals surface area contributed by atoms with Crippen molar-refractivity contribution in [2.45, 2.75) is 46.5 Å². The Morgan fingerprint density at radius 2 is 1.93 bits per heavy atom. The number of allylic oxidation sites excluding steroid dienone is 2. The van der Waals surface area contributed by atoms with E-state index in [0.717, 1.165) is 0 Å². The molecule has 2 aliphatic rings. The lowest BCUT2D eigenvalue weighted by molar-refractivity contribution is -0.139. The lowest BCUT2D eigenvalue weighted by Gasteiger charge is -2.38. The number of ether oxygens (including phenoxy) is 3. The minimum absolute atomic E-state index is 0.0148. The first kappa shape index (κ1) is 20.0. The Kier molecular flexibility index (Phi) is 5.49. The Morgan fingerprint density at radius 1 is 1.21 bits per heavy atom. The molecule has 1 atom stereocenters. The molecular weight excluding hydrogens is 358 g/mol. The minimum atomic E-state index is -0.672. The SMILES string of the molecule is CCOC(=O)C1=C(N)OC2=C(C(=O)CC(C)(C)C2)[C@@H]1c1ccccc1OCC. The van der Waals surface area contributed by atoms with E-state index in [4.69, 9.17) is 19.9 Å². The molecule has 1 heterocycles. The highest BCUT2D eigenvalue weighted by atomic mass is 16.5. The standard InChI is InChI=1S/C22H27NO5/c1-5-26-15-10-8-7-9-13(15)17-18-14(24)11-22(3,4)12-16(18)28-20(23)19(17)21(25)27-6-2/h7-10,17H,5-6,11-12,23H2,1-4H3/t17-/m0/s1. The predicted octanol–water partition coefficient (Wildman–Crippen LogP) is 3.58. The highest BCUT2D eigenvalue weighted by molar-refractivity contribution is 6.03. The molecule has 0 aromatic heterocycles. The van der Waals surface area contributed by atoms with Gasteiger partial charge in [-0.15, -0.1) is 0 Å². The van der Waals surface area contributed by atoms with Crippen molar-refractivity contribution in [2.75, 3.05) is 13.2 Å². The largest absolute Gasteiger partial charge is 0.494 e. The smallest absolute Gasteiger partial charge is 0.340 e. The zero-order valence-corrected chi connectivity index (χ0v) is 16.8. The molecule has 2 N–H and O–H groups in total. The number of hydrogen-bond donors (Lipinski definition) is 1. The van der Waals surface area contributed by atoms with Gasteiger partial charge >= 0.3 is 5.97 Å². The fraction of sp³-hybridized carbons (Fsp3) is 0.455. The lowest BCUT2D eigenvalue weighted by atomic mass is 9.70. The van der Waals surface area contributed by atoms with Crippen LogP contribution in [-0.4, -0.2) is 25.0 Å². The third-order valence-corrected chi connectivity index (χ3v) is 4.98. The van der Waals surface area contributed by atoms with Crippen LogP contribution in [0.25, 0.3) is 0 Å². The molecule has 6 nitrogen and oxygen atoms in total. The number of rotatable bonds is 5. The summed E-state index contributed by atoms with van der Waals surface area (Å²) in [7, 11) is 0. The van der Waals surface area contributed by atoms with Crippen LogP contribution in [0.4, 0.5) is 0 Å². The van der Waals surface area contributed by atoms with Gasteiger partial charge in [-0.25, -0.2) is 4.79 Å². The molecule has 0 radical (unpaired) electrons. The van der Waals surface area contributed by atoms with E-state index in [2.05, 4.69) is 0 Å². The van der Waals surface area contributed by atoms with E-state index in [1.165, 1.54) is 0 Å². The summed E-state index contributed by atoms with van der Waals surface area (Å²) in [5, 5.41) is 0. The van der Waals surface area contributed by atoms with Crippen LogP contribution in [0.15, 0.2) is 47.1 Å². The van der Waals surface area contributed by atoms with Crippen molar-refractivity contribution in [2.24, 2.45) is 11.1 Å². The molecule has 150 valence electrons. The van der Waals surface area contributed by atoms with E-state index in [9.17, 15) is 9.59 Å². The molecule has 0 spiro atoms. The highest BCUT2D eigenvalue weighted by Crippen LogP contribution is 2.49. The molecule has 1 aromatic rings. The number of benzene rings is 1. The van der Waals surface area contributed by atoms with Gasteiger partial charge in [0.1, 0.15) is 17.1 Å². The van der Waals surface area contributed by atoms with Gasteiger partial charge in [-0.05, 0) is 25.3 Å². The van der Waals surface area contributed by atoms with Crippen molar-refractivity contribution in [3.63, 3.8) is 0 Å². The van der Waals surface area contributed by atoms with Gasteiger partial charge in [-0.2, -0.15) is 0 Å². The molecule has 0 saturated carbocycles. The average Bonchev–Trinajstić information content (AvgIpc) is 2.60. The number of para-hydroxylation sites is 1. The first-order chi connectivity index (χ1) is 13.3. The molecule has 0 amide bonds. The van der Waals surface area contributed by atoms with Gasteiger partial charge in [0.25, 0.3) is 0 Å². The Labute approximate surface area is 165 Å². The summed E-state index contributed by atoms with van der Waals surface area (Å²) in [5.74, 6) is -0.176. The fourth-order valence-corrected chi connectivity index (χ4v) is 3.91. The zero-order chi connectivity index (χ0) is 20.5. The van der Waals surface area contributed by atoms with Crippen molar-refractivity contribution >= 4 is 11.8 Å². The Hall–Kier alpha value is -2.76. The van der Waals surface area contributed by atoms with Crippen LogP contribution in [0.2, 0.25) is 0 Å². The molecule has 28 heavy (non-hydrogen) atoms. The maximum Gasteiger partial charge on any atom is 0.340 e. The van der Waals surface area contributed by atoms with Crippen LogP contribution < -0.4 is 10.5 Å². The van der Waals surface area contributed by atoms with Crippen LogP contribution >= 0.6 is 0 Å². The summed E-state index contributed by atoms with van der Waals surface area (Å²) in [4.78, 5) is 25.9. The minimum Gasteiger partial charge on any atom is -0.494 e. The molecule has 0 unspecified atom stereocenters. The number of ketones is 1. The van der Waals surface area contributed by atoms with Gasteiger partial charge in [0.2, 0.25) is 5.88 Å². The van der Waals surface area contributed by atoms with Crippen molar-refractivity contribution in [3.8, 4) is 5.75 Å². The summed E-state index contributed by atoms with van der Waals surface area (Å²) in [6.45, 7) is 8.30. The van der Waals surface area contributed by atoms with Crippen LogP contribution in [0.3, 0.4) is 0 Å². The molecule has 6 heteroatoms. The van der Waals surface area contributed by atoms with Crippen molar-refractivity contribution in [1.29, 1.82) is 0 Å². The van der Waals surface area contributed by atoms with E-state index in [-0.39, 0.29) is 29.3 Å². The van der Waals surface area contributed by atoms with Gasteiger partial charge in [-0.1, -0.05) is 32.0 Å². The van der Waals surface area contributed by atoms with Crippen LogP contribution in [0.1, 0.15) is 52.0 Å². The van der Waals surface area contributed by atoms with Crippen molar-refractivity contribution in [3.05, 3.63) is 52.6 Å². The van der Waals surface area contributed by atoms with Gasteiger partial charge in [0.15, 0.2) is 5.78 Å². The quantitative estimate of drug-likeness (QED) is 0.780. The topological polar surface area (TPSA) is 87.9 Å². The maximum atomic E-state index is 13.1. The Morgan fingerprint density at radius 3 is 2.61 bits per heavy atom. The predicted molar refractivity (Wildman–Crippen MR) is 104 cm³/mol. The first-order valence-electron chi connectivity index (χ1n) is 9.61. The zero-order valence-electron chi connectivity index (χ0n) is 16.8. The van der Waals surface area contributed by atoms with E-state index in [0.29, 0.717) is 42.1 Å². The number of hydrogen-bond acceptors (Lipinski definition) is 6. The normalized spacial score (nSPS) is 21.1. The highest BCUT2D eigenvalue weighted by Gasteiger charge is 2.45. The second-order valence-electron chi connectivity index (χ2n) is 7.78. The second-order valence-corrected chi connectivity index (χ2v) is 7.78. The third kappa shape index (κ3) is 3.63. The molecule has 3 rings (SSSR count).